The first-order chi connectivity index (χ1) is 12.7. The zero-order chi connectivity index (χ0) is 21.4. The molecule has 0 aromatic rings. The van der Waals surface area contributed by atoms with Crippen molar-refractivity contribution in [1.29, 1.82) is 0 Å². The lowest BCUT2D eigenvalue weighted by Crippen LogP contribution is -2.55. The average Bonchev–Trinajstić information content (AvgIpc) is 3.30. The predicted molar refractivity (Wildman–Crippen MR) is 93.4 cm³/mol. The number of halogens is 6. The molecule has 2 aliphatic rings. The van der Waals surface area contributed by atoms with Crippen LogP contribution in [0.1, 0.15) is 65.2 Å². The lowest BCUT2D eigenvalue weighted by molar-refractivity contribution is -0.347. The van der Waals surface area contributed by atoms with Crippen molar-refractivity contribution in [2.24, 2.45) is 10.8 Å². The van der Waals surface area contributed by atoms with E-state index >= 15 is 0 Å². The van der Waals surface area contributed by atoms with Crippen LogP contribution in [-0.2, 0) is 0 Å². The molecule has 0 aromatic heterocycles. The summed E-state index contributed by atoms with van der Waals surface area (Å²) in [4.78, 5) is 0. The van der Waals surface area contributed by atoms with Crippen LogP contribution in [0.25, 0.3) is 0 Å². The van der Waals surface area contributed by atoms with Crippen LogP contribution in [0.2, 0.25) is 0 Å². The molecule has 0 heterocycles. The molecule has 0 radical (unpaired) electrons. The molecule has 0 aliphatic heterocycles. The van der Waals surface area contributed by atoms with Gasteiger partial charge in [0.05, 0.1) is 6.10 Å². The maximum absolute atomic E-state index is 12.8. The Labute approximate surface area is 161 Å². The van der Waals surface area contributed by atoms with Gasteiger partial charge in [-0.25, -0.2) is 0 Å². The first kappa shape index (κ1) is 23.3. The van der Waals surface area contributed by atoms with Gasteiger partial charge < -0.3 is 10.2 Å². The Bertz CT molecular complexity index is 601. The third kappa shape index (κ3) is 4.42. The molecular weight excluding hydrogens is 386 g/mol. The fourth-order valence-corrected chi connectivity index (χ4v) is 4.54. The quantitative estimate of drug-likeness (QED) is 0.423. The van der Waals surface area contributed by atoms with Gasteiger partial charge in [-0.3, -0.25) is 0 Å². The second-order valence-corrected chi connectivity index (χ2v) is 8.49. The summed E-state index contributed by atoms with van der Waals surface area (Å²) >= 11 is 0. The normalized spacial score (nSPS) is 29.4. The lowest BCUT2D eigenvalue weighted by atomic mass is 9.64. The zero-order valence-electron chi connectivity index (χ0n) is 16.1. The SMILES string of the molecule is CC/C=C(/C1(C/C=C/C(O)(C(F)(F)F)C(F)(F)F)CC1)[C@@]1(C)CCC[C@H](O)C1. The van der Waals surface area contributed by atoms with Crippen molar-refractivity contribution in [2.45, 2.75) is 89.3 Å². The predicted octanol–water partition coefficient (Wildman–Crippen LogP) is 5.85. The second-order valence-electron chi connectivity index (χ2n) is 8.49. The van der Waals surface area contributed by atoms with Crippen molar-refractivity contribution in [2.75, 3.05) is 0 Å². The van der Waals surface area contributed by atoms with E-state index < -0.39 is 29.5 Å². The molecule has 0 spiro atoms. The van der Waals surface area contributed by atoms with Gasteiger partial charge in [0, 0.05) is 0 Å². The summed E-state index contributed by atoms with van der Waals surface area (Å²) < 4.78 is 77.1. The smallest absolute Gasteiger partial charge is 0.393 e. The summed E-state index contributed by atoms with van der Waals surface area (Å²) in [7, 11) is 0. The van der Waals surface area contributed by atoms with Gasteiger partial charge >= 0.3 is 12.4 Å². The first-order valence-electron chi connectivity index (χ1n) is 9.63. The molecule has 162 valence electrons. The van der Waals surface area contributed by atoms with Crippen LogP contribution in [0.3, 0.4) is 0 Å². The maximum atomic E-state index is 12.8. The Morgan fingerprint density at radius 1 is 1.07 bits per heavy atom. The first-order valence-corrected chi connectivity index (χ1v) is 9.63. The van der Waals surface area contributed by atoms with E-state index in [-0.39, 0.29) is 17.9 Å². The summed E-state index contributed by atoms with van der Waals surface area (Å²) in [6.45, 7) is 3.95. The van der Waals surface area contributed by atoms with Crippen LogP contribution < -0.4 is 0 Å². The van der Waals surface area contributed by atoms with E-state index in [0.717, 1.165) is 24.5 Å². The molecule has 2 N–H and O–H groups in total. The number of hydrogen-bond donors (Lipinski definition) is 2. The Kier molecular flexibility index (Phi) is 6.37. The van der Waals surface area contributed by atoms with Crippen molar-refractivity contribution in [1.82, 2.24) is 0 Å². The van der Waals surface area contributed by atoms with E-state index in [2.05, 4.69) is 0 Å². The lowest BCUT2D eigenvalue weighted by Gasteiger charge is -2.42. The molecule has 0 amide bonds. The third-order valence-electron chi connectivity index (χ3n) is 6.17. The highest BCUT2D eigenvalue weighted by Crippen LogP contribution is 2.62. The van der Waals surface area contributed by atoms with Gasteiger partial charge in [-0.15, -0.1) is 0 Å². The molecule has 28 heavy (non-hydrogen) atoms. The Hall–Kier alpha value is -1.02. The Morgan fingerprint density at radius 2 is 1.64 bits per heavy atom. The molecule has 2 fully saturated rings. The van der Waals surface area contributed by atoms with Crippen LogP contribution in [0.5, 0.6) is 0 Å². The molecule has 0 unspecified atom stereocenters. The molecule has 0 bridgehead atoms. The van der Waals surface area contributed by atoms with Gasteiger partial charge in [-0.2, -0.15) is 26.3 Å². The van der Waals surface area contributed by atoms with Crippen LogP contribution in [-0.4, -0.2) is 34.3 Å². The average molecular weight is 414 g/mol. The van der Waals surface area contributed by atoms with Crippen molar-refractivity contribution in [3.8, 4) is 0 Å². The minimum atomic E-state index is -5.85. The van der Waals surface area contributed by atoms with Gasteiger partial charge in [0.1, 0.15) is 0 Å². The molecule has 2 saturated carbocycles. The van der Waals surface area contributed by atoms with E-state index in [1.165, 1.54) is 0 Å². The number of allylic oxidation sites excluding steroid dienone is 3. The minimum absolute atomic E-state index is 0.00100. The molecule has 8 heteroatoms. The zero-order valence-corrected chi connectivity index (χ0v) is 16.1. The summed E-state index contributed by atoms with van der Waals surface area (Å²) in [6, 6.07) is 0. The van der Waals surface area contributed by atoms with Crippen LogP contribution in [0.15, 0.2) is 23.8 Å². The fraction of sp³-hybridized carbons (Fsp3) is 0.800. The molecule has 0 aromatic carbocycles. The van der Waals surface area contributed by atoms with E-state index in [9.17, 15) is 36.6 Å². The summed E-state index contributed by atoms with van der Waals surface area (Å²) in [5.41, 5.74) is -4.64. The topological polar surface area (TPSA) is 40.5 Å². The van der Waals surface area contributed by atoms with E-state index in [1.807, 2.05) is 19.9 Å². The van der Waals surface area contributed by atoms with Gasteiger partial charge in [0.2, 0.25) is 0 Å². The highest BCUT2D eigenvalue weighted by molar-refractivity contribution is 5.31. The molecular formula is C20H28F6O2. The van der Waals surface area contributed by atoms with Crippen molar-refractivity contribution in [3.63, 3.8) is 0 Å². The maximum Gasteiger partial charge on any atom is 0.429 e. The van der Waals surface area contributed by atoms with Crippen LogP contribution in [0, 0.1) is 10.8 Å². The standard InChI is InChI=1S/C20H28F6O2/c1-3-6-15(16(2)8-4-7-14(27)13-16)17(11-12-17)9-5-10-18(28,19(21,22)23)20(24,25)26/h5-6,10,14,27-28H,3-4,7-9,11-13H2,1-2H3/b10-5+,15-6+/t14-,16-/m0/s1. The van der Waals surface area contributed by atoms with E-state index in [1.54, 1.807) is 0 Å². The number of aliphatic hydroxyl groups excluding tert-OH is 1. The number of aliphatic hydroxyl groups is 2. The Balaban J connectivity index is 2.27. The van der Waals surface area contributed by atoms with Crippen LogP contribution in [0.4, 0.5) is 26.3 Å². The van der Waals surface area contributed by atoms with Crippen molar-refractivity contribution in [3.05, 3.63) is 23.8 Å². The third-order valence-corrected chi connectivity index (χ3v) is 6.17. The largest absolute Gasteiger partial charge is 0.429 e. The fourth-order valence-electron chi connectivity index (χ4n) is 4.54. The van der Waals surface area contributed by atoms with Gasteiger partial charge in [0.25, 0.3) is 5.60 Å². The molecule has 2 nitrogen and oxygen atoms in total. The molecule has 2 aliphatic carbocycles. The molecule has 2 atom stereocenters. The summed E-state index contributed by atoms with van der Waals surface area (Å²) in [5.74, 6) is 0. The Morgan fingerprint density at radius 3 is 2.07 bits per heavy atom. The minimum Gasteiger partial charge on any atom is -0.393 e. The van der Waals surface area contributed by atoms with Crippen LogP contribution >= 0.6 is 0 Å². The second kappa shape index (κ2) is 7.67. The molecule has 2 rings (SSSR count). The number of hydrogen-bond acceptors (Lipinski definition) is 2. The number of rotatable bonds is 6. The summed E-state index contributed by atoms with van der Waals surface area (Å²) in [5, 5.41) is 19.4. The highest BCUT2D eigenvalue weighted by atomic mass is 19.4. The van der Waals surface area contributed by atoms with E-state index in [0.29, 0.717) is 32.1 Å². The van der Waals surface area contributed by atoms with Gasteiger partial charge in [-0.05, 0) is 61.9 Å². The van der Waals surface area contributed by atoms with Crippen molar-refractivity contribution < 1.29 is 36.6 Å². The molecule has 0 saturated heterocycles. The van der Waals surface area contributed by atoms with Gasteiger partial charge in [0.15, 0.2) is 0 Å². The van der Waals surface area contributed by atoms with E-state index in [4.69, 9.17) is 0 Å². The summed E-state index contributed by atoms with van der Waals surface area (Å²) in [6.07, 6.45) is -4.54. The van der Waals surface area contributed by atoms with Gasteiger partial charge in [-0.1, -0.05) is 38.0 Å². The monoisotopic (exact) mass is 414 g/mol. The van der Waals surface area contributed by atoms with Crippen molar-refractivity contribution >= 4 is 0 Å². The number of alkyl halides is 6. The highest BCUT2D eigenvalue weighted by Gasteiger charge is 2.69.